The molecule has 0 saturated heterocycles. The number of sulfonamides is 1. The van der Waals surface area contributed by atoms with Crippen LogP contribution in [0.15, 0.2) is 24.4 Å². The number of hydrogen-bond acceptors (Lipinski definition) is 3. The Labute approximate surface area is 120 Å². The lowest BCUT2D eigenvalue weighted by Gasteiger charge is -2.26. The normalized spacial score (nSPS) is 14.0. The lowest BCUT2D eigenvalue weighted by Crippen LogP contribution is -2.39. The van der Waals surface area contributed by atoms with Crippen LogP contribution in [-0.4, -0.2) is 35.4 Å². The molecule has 0 aliphatic rings. The fraction of sp³-hybridized carbons (Fsp3) is 0.615. The minimum absolute atomic E-state index is 0.0587. The van der Waals surface area contributed by atoms with Gasteiger partial charge in [-0.15, -0.1) is 11.6 Å². The van der Waals surface area contributed by atoms with E-state index in [4.69, 9.17) is 11.6 Å². The van der Waals surface area contributed by atoms with E-state index in [1.54, 1.807) is 6.20 Å². The lowest BCUT2D eigenvalue weighted by molar-refractivity contribution is 0.342. The third kappa shape index (κ3) is 5.09. The van der Waals surface area contributed by atoms with Crippen LogP contribution in [0.4, 0.5) is 0 Å². The Morgan fingerprint density at radius 2 is 2.00 bits per heavy atom. The number of hydrogen-bond donors (Lipinski definition) is 0. The molecule has 6 heteroatoms. The van der Waals surface area contributed by atoms with E-state index in [0.29, 0.717) is 12.4 Å². The molecule has 0 saturated carbocycles. The second kappa shape index (κ2) is 7.22. The maximum Gasteiger partial charge on any atom is 0.214 e. The molecule has 0 aliphatic heterocycles. The third-order valence-corrected chi connectivity index (χ3v) is 5.52. The van der Waals surface area contributed by atoms with Gasteiger partial charge in [-0.25, -0.2) is 8.42 Å². The van der Waals surface area contributed by atoms with Gasteiger partial charge >= 0.3 is 0 Å². The topological polar surface area (TPSA) is 50.3 Å². The van der Waals surface area contributed by atoms with Gasteiger partial charge in [-0.1, -0.05) is 13.0 Å². The molecule has 1 aromatic heterocycles. The molecule has 0 N–H and O–H groups in total. The fourth-order valence-electron chi connectivity index (χ4n) is 1.75. The van der Waals surface area contributed by atoms with Crippen LogP contribution in [0.3, 0.4) is 0 Å². The van der Waals surface area contributed by atoms with E-state index in [-0.39, 0.29) is 17.7 Å². The first-order valence-corrected chi connectivity index (χ1v) is 8.46. The summed E-state index contributed by atoms with van der Waals surface area (Å²) in [7, 11) is -3.32. The fourth-order valence-corrected chi connectivity index (χ4v) is 3.99. The molecule has 4 nitrogen and oxygen atoms in total. The van der Waals surface area contributed by atoms with Gasteiger partial charge in [-0.2, -0.15) is 4.31 Å². The number of rotatable bonds is 7. The van der Waals surface area contributed by atoms with E-state index in [1.165, 1.54) is 4.31 Å². The van der Waals surface area contributed by atoms with Gasteiger partial charge in [0.05, 0.1) is 18.0 Å². The molecule has 0 amide bonds. The summed E-state index contributed by atoms with van der Waals surface area (Å²) in [6.45, 7) is 5.87. The summed E-state index contributed by atoms with van der Waals surface area (Å²) < 4.78 is 26.3. The van der Waals surface area contributed by atoms with Gasteiger partial charge in [0.1, 0.15) is 0 Å². The molecule has 1 unspecified atom stereocenters. The molecule has 1 heterocycles. The van der Waals surface area contributed by atoms with Gasteiger partial charge in [0, 0.05) is 18.1 Å². The smallest absolute Gasteiger partial charge is 0.214 e. The van der Waals surface area contributed by atoms with E-state index in [0.717, 1.165) is 5.69 Å². The van der Waals surface area contributed by atoms with Crippen molar-refractivity contribution < 1.29 is 8.42 Å². The molecular formula is C13H21ClN2O2S. The summed E-state index contributed by atoms with van der Waals surface area (Å²) in [6.07, 6.45) is 1.67. The predicted molar refractivity (Wildman–Crippen MR) is 78.6 cm³/mol. The Morgan fingerprint density at radius 3 is 2.47 bits per heavy atom. The van der Waals surface area contributed by atoms with Gasteiger partial charge in [-0.3, -0.25) is 4.98 Å². The standard InChI is InChI=1S/C13H21ClN2O2S/c1-11(2)16(9-13-6-4-5-7-15-13)19(17,18)10-12(3)8-14/h4-7,11-12H,8-10H2,1-3H3. The Morgan fingerprint density at radius 1 is 1.32 bits per heavy atom. The third-order valence-electron chi connectivity index (χ3n) is 2.74. The average molecular weight is 305 g/mol. The molecular weight excluding hydrogens is 284 g/mol. The average Bonchev–Trinajstić information content (AvgIpc) is 2.36. The Hall–Kier alpha value is -0.650. The van der Waals surface area contributed by atoms with E-state index in [1.807, 2.05) is 39.0 Å². The van der Waals surface area contributed by atoms with Crippen LogP contribution in [0.1, 0.15) is 26.5 Å². The van der Waals surface area contributed by atoms with Gasteiger partial charge in [0.15, 0.2) is 0 Å². The summed E-state index contributed by atoms with van der Waals surface area (Å²) in [5, 5.41) is 0. The van der Waals surface area contributed by atoms with Crippen LogP contribution in [0.5, 0.6) is 0 Å². The van der Waals surface area contributed by atoms with Crippen molar-refractivity contribution in [3.05, 3.63) is 30.1 Å². The SMILES string of the molecule is CC(CCl)CS(=O)(=O)N(Cc1ccccn1)C(C)C. The summed E-state index contributed by atoms with van der Waals surface area (Å²) >= 11 is 5.71. The maximum atomic E-state index is 12.4. The van der Waals surface area contributed by atoms with Gasteiger partial charge in [0.2, 0.25) is 10.0 Å². The number of alkyl halides is 1. The lowest BCUT2D eigenvalue weighted by atomic mass is 10.3. The molecule has 0 radical (unpaired) electrons. The number of pyridine rings is 1. The Kier molecular flexibility index (Phi) is 6.23. The number of nitrogens with zero attached hydrogens (tertiary/aromatic N) is 2. The van der Waals surface area contributed by atoms with Crippen molar-refractivity contribution in [2.45, 2.75) is 33.4 Å². The monoisotopic (exact) mass is 304 g/mol. The molecule has 0 spiro atoms. The summed E-state index contributed by atoms with van der Waals surface area (Å²) in [6, 6.07) is 5.40. The number of halogens is 1. The van der Waals surface area contributed by atoms with Crippen LogP contribution in [0.2, 0.25) is 0 Å². The van der Waals surface area contributed by atoms with Crippen molar-refractivity contribution in [3.8, 4) is 0 Å². The highest BCUT2D eigenvalue weighted by molar-refractivity contribution is 7.89. The molecule has 0 bridgehead atoms. The van der Waals surface area contributed by atoms with Crippen LogP contribution < -0.4 is 0 Å². The zero-order valence-electron chi connectivity index (χ0n) is 11.6. The van der Waals surface area contributed by atoms with Crippen molar-refractivity contribution in [1.82, 2.24) is 9.29 Å². The molecule has 108 valence electrons. The summed E-state index contributed by atoms with van der Waals surface area (Å²) in [5.41, 5.74) is 0.748. The zero-order valence-corrected chi connectivity index (χ0v) is 13.2. The first kappa shape index (κ1) is 16.4. The Bertz CT molecular complexity index is 477. The highest BCUT2D eigenvalue weighted by atomic mass is 35.5. The molecule has 1 rings (SSSR count). The van der Waals surface area contributed by atoms with Crippen molar-refractivity contribution in [2.75, 3.05) is 11.6 Å². The van der Waals surface area contributed by atoms with Crippen molar-refractivity contribution in [2.24, 2.45) is 5.92 Å². The maximum absolute atomic E-state index is 12.4. The summed E-state index contributed by atoms with van der Waals surface area (Å²) in [4.78, 5) is 4.18. The second-order valence-corrected chi connectivity index (χ2v) is 7.27. The van der Waals surface area contributed by atoms with E-state index < -0.39 is 10.0 Å². The van der Waals surface area contributed by atoms with Crippen molar-refractivity contribution >= 4 is 21.6 Å². The van der Waals surface area contributed by atoms with Crippen molar-refractivity contribution in [1.29, 1.82) is 0 Å². The second-order valence-electron chi connectivity index (χ2n) is 5.00. The molecule has 0 aliphatic carbocycles. The van der Waals surface area contributed by atoms with E-state index >= 15 is 0 Å². The first-order chi connectivity index (χ1) is 8.86. The van der Waals surface area contributed by atoms with Gasteiger partial charge in [-0.05, 0) is 31.9 Å². The Balaban J connectivity index is 2.89. The van der Waals surface area contributed by atoms with Crippen molar-refractivity contribution in [3.63, 3.8) is 0 Å². The van der Waals surface area contributed by atoms with Gasteiger partial charge < -0.3 is 0 Å². The molecule has 1 atom stereocenters. The van der Waals surface area contributed by atoms with Gasteiger partial charge in [0.25, 0.3) is 0 Å². The molecule has 0 fully saturated rings. The van der Waals surface area contributed by atoms with Crippen LogP contribution in [-0.2, 0) is 16.6 Å². The first-order valence-electron chi connectivity index (χ1n) is 6.32. The molecule has 0 aromatic carbocycles. The summed E-state index contributed by atoms with van der Waals surface area (Å²) in [5.74, 6) is 0.354. The minimum Gasteiger partial charge on any atom is -0.260 e. The number of aromatic nitrogens is 1. The van der Waals surface area contributed by atoms with Crippen LogP contribution >= 0.6 is 11.6 Å². The zero-order chi connectivity index (χ0) is 14.5. The van der Waals surface area contributed by atoms with Crippen LogP contribution in [0, 0.1) is 5.92 Å². The van der Waals surface area contributed by atoms with Crippen LogP contribution in [0.25, 0.3) is 0 Å². The minimum atomic E-state index is -3.32. The van der Waals surface area contributed by atoms with E-state index in [2.05, 4.69) is 4.98 Å². The predicted octanol–water partition coefficient (Wildman–Crippen LogP) is 2.50. The molecule has 1 aromatic rings. The quantitative estimate of drug-likeness (QED) is 0.727. The van der Waals surface area contributed by atoms with E-state index in [9.17, 15) is 8.42 Å². The highest BCUT2D eigenvalue weighted by Crippen LogP contribution is 2.15. The highest BCUT2D eigenvalue weighted by Gasteiger charge is 2.27. The molecule has 19 heavy (non-hydrogen) atoms. The largest absolute Gasteiger partial charge is 0.260 e.